The first-order chi connectivity index (χ1) is 18.1. The number of hydrogen-bond acceptors (Lipinski definition) is 8. The Morgan fingerprint density at radius 3 is 2.61 bits per heavy atom. The number of pyridine rings is 1. The summed E-state index contributed by atoms with van der Waals surface area (Å²) in [5.41, 5.74) is 2.98. The third kappa shape index (κ3) is 5.22. The van der Waals surface area contributed by atoms with Gasteiger partial charge in [0, 0.05) is 48.6 Å². The minimum Gasteiger partial charge on any atom is -0.497 e. The number of methoxy groups -OCH3 is 2. The van der Waals surface area contributed by atoms with E-state index in [0.29, 0.717) is 47.0 Å². The molecular formula is C27H29FN6O4. The van der Waals surface area contributed by atoms with Crippen molar-refractivity contribution >= 4 is 17.3 Å². The van der Waals surface area contributed by atoms with Gasteiger partial charge in [0.2, 0.25) is 0 Å². The highest BCUT2D eigenvalue weighted by Gasteiger charge is 2.35. The van der Waals surface area contributed by atoms with E-state index in [1.54, 1.807) is 29.4 Å². The molecule has 1 aliphatic heterocycles. The number of hydrogen-bond donors (Lipinski definition) is 0. The van der Waals surface area contributed by atoms with Crippen LogP contribution in [0.1, 0.15) is 38.1 Å². The molecule has 4 heterocycles. The molecule has 0 spiro atoms. The van der Waals surface area contributed by atoms with E-state index in [1.165, 1.54) is 20.3 Å². The Kier molecular flexibility index (Phi) is 6.60. The number of ether oxygens (including phenoxy) is 3. The number of aromatic nitrogens is 5. The highest BCUT2D eigenvalue weighted by atomic mass is 19.1. The summed E-state index contributed by atoms with van der Waals surface area (Å²) in [5.74, 6) is 0.155. The molecule has 10 nitrogen and oxygen atoms in total. The fourth-order valence-electron chi connectivity index (χ4n) is 4.16. The Morgan fingerprint density at radius 2 is 1.89 bits per heavy atom. The van der Waals surface area contributed by atoms with Gasteiger partial charge in [-0.15, -0.1) is 0 Å². The summed E-state index contributed by atoms with van der Waals surface area (Å²) in [4.78, 5) is 27.7. The molecule has 11 heteroatoms. The fourth-order valence-corrected chi connectivity index (χ4v) is 4.16. The van der Waals surface area contributed by atoms with E-state index in [4.69, 9.17) is 14.2 Å². The number of benzene rings is 1. The van der Waals surface area contributed by atoms with Gasteiger partial charge in [-0.05, 0) is 39.0 Å². The second-order valence-electron chi connectivity index (χ2n) is 10.1. The summed E-state index contributed by atoms with van der Waals surface area (Å²) in [6.45, 7) is 6.59. The number of rotatable bonds is 6. The number of carbonyl (C=O) groups is 1. The summed E-state index contributed by atoms with van der Waals surface area (Å²) in [7, 11) is 2.93. The zero-order chi connectivity index (χ0) is 27.0. The lowest BCUT2D eigenvalue weighted by molar-refractivity contribution is -0.000384. The van der Waals surface area contributed by atoms with Gasteiger partial charge in [-0.25, -0.2) is 19.2 Å². The van der Waals surface area contributed by atoms with Crippen molar-refractivity contribution in [1.29, 1.82) is 0 Å². The summed E-state index contributed by atoms with van der Waals surface area (Å²) < 4.78 is 32.5. The Balaban J connectivity index is 1.33. The molecule has 5 rings (SSSR count). The van der Waals surface area contributed by atoms with E-state index in [0.717, 1.165) is 5.56 Å². The van der Waals surface area contributed by atoms with E-state index in [1.807, 2.05) is 37.7 Å². The largest absolute Gasteiger partial charge is 0.497 e. The summed E-state index contributed by atoms with van der Waals surface area (Å²) in [6, 6.07) is 6.80. The normalized spacial score (nSPS) is 13.9. The molecule has 1 amide bonds. The first-order valence-electron chi connectivity index (χ1n) is 12.2. The number of likely N-dealkylation sites (tertiary alicyclic amines) is 1. The second-order valence-corrected chi connectivity index (χ2v) is 10.1. The quantitative estimate of drug-likeness (QED) is 0.368. The number of fused-ring (bicyclic) bond motifs is 1. The van der Waals surface area contributed by atoms with Crippen LogP contribution in [0.5, 0.6) is 11.5 Å². The molecule has 0 bridgehead atoms. The van der Waals surface area contributed by atoms with Crippen LogP contribution in [-0.2, 0) is 11.2 Å². The van der Waals surface area contributed by atoms with Gasteiger partial charge in [0.15, 0.2) is 17.2 Å². The van der Waals surface area contributed by atoms with Crippen molar-refractivity contribution < 1.29 is 23.4 Å². The van der Waals surface area contributed by atoms with Crippen LogP contribution in [0.4, 0.5) is 9.18 Å². The predicted octanol–water partition coefficient (Wildman–Crippen LogP) is 4.43. The molecule has 1 saturated heterocycles. The van der Waals surface area contributed by atoms with Gasteiger partial charge in [-0.3, -0.25) is 9.67 Å². The maximum atomic E-state index is 14.8. The molecule has 0 N–H and O–H groups in total. The molecule has 0 saturated carbocycles. The van der Waals surface area contributed by atoms with Gasteiger partial charge in [0.1, 0.15) is 16.9 Å². The van der Waals surface area contributed by atoms with Crippen molar-refractivity contribution in [2.24, 2.45) is 0 Å². The van der Waals surface area contributed by atoms with Gasteiger partial charge < -0.3 is 19.1 Å². The third-order valence-corrected chi connectivity index (χ3v) is 6.17. The Bertz CT molecular complexity index is 1490. The maximum Gasteiger partial charge on any atom is 0.410 e. The Morgan fingerprint density at radius 1 is 1.11 bits per heavy atom. The monoisotopic (exact) mass is 520 g/mol. The zero-order valence-corrected chi connectivity index (χ0v) is 21.9. The van der Waals surface area contributed by atoms with Crippen LogP contribution in [-0.4, -0.2) is 68.6 Å². The second kappa shape index (κ2) is 9.88. The minimum absolute atomic E-state index is 0.0594. The standard InChI is InChI=1S/C27H29FN6O4/c1-27(2,3)38-26(35)33-14-19(15-33)34-13-17(11-30-34)22-12-29-21-7-6-18(31-25(21)32-22)8-16-9-20(36-4)10-23(37-5)24(16)28/h6-7,9-13,19H,8,14-15H2,1-5H3. The maximum absolute atomic E-state index is 14.8. The Hall–Kier alpha value is -4.28. The summed E-state index contributed by atoms with van der Waals surface area (Å²) in [5, 5.41) is 4.46. The van der Waals surface area contributed by atoms with E-state index in [2.05, 4.69) is 20.1 Å². The van der Waals surface area contributed by atoms with Gasteiger partial charge in [-0.1, -0.05) is 0 Å². The van der Waals surface area contributed by atoms with Crippen molar-refractivity contribution in [2.45, 2.75) is 38.8 Å². The van der Waals surface area contributed by atoms with Crippen LogP contribution < -0.4 is 9.47 Å². The molecular weight excluding hydrogens is 491 g/mol. The van der Waals surface area contributed by atoms with Crippen LogP contribution in [0.15, 0.2) is 42.9 Å². The molecule has 0 radical (unpaired) electrons. The van der Waals surface area contributed by atoms with E-state index in [-0.39, 0.29) is 24.3 Å². The summed E-state index contributed by atoms with van der Waals surface area (Å²) in [6.07, 6.45) is 5.18. The van der Waals surface area contributed by atoms with Crippen LogP contribution in [0, 0.1) is 5.82 Å². The molecule has 0 aliphatic carbocycles. The average molecular weight is 521 g/mol. The molecule has 1 aliphatic rings. The third-order valence-electron chi connectivity index (χ3n) is 6.17. The SMILES string of the molecule is COc1cc(Cc2ccc3ncc(-c4cnn(C5CN(C(=O)OC(C)(C)C)C5)c4)nc3n2)c(F)c(OC)c1. The molecule has 1 fully saturated rings. The van der Waals surface area contributed by atoms with Gasteiger partial charge in [0.05, 0.1) is 38.3 Å². The van der Waals surface area contributed by atoms with Crippen molar-refractivity contribution in [1.82, 2.24) is 29.6 Å². The lowest BCUT2D eigenvalue weighted by Crippen LogP contribution is -2.52. The molecule has 198 valence electrons. The van der Waals surface area contributed by atoms with Gasteiger partial charge in [-0.2, -0.15) is 5.10 Å². The number of nitrogens with zero attached hydrogens (tertiary/aromatic N) is 6. The predicted molar refractivity (Wildman–Crippen MR) is 138 cm³/mol. The topological polar surface area (TPSA) is 104 Å². The molecule has 0 atom stereocenters. The number of amides is 1. The first-order valence-corrected chi connectivity index (χ1v) is 12.2. The number of carbonyl (C=O) groups excluding carboxylic acids is 1. The number of halogens is 1. The highest BCUT2D eigenvalue weighted by Crippen LogP contribution is 2.29. The van der Waals surface area contributed by atoms with Gasteiger partial charge >= 0.3 is 6.09 Å². The average Bonchev–Trinajstić information content (AvgIpc) is 3.32. The molecule has 38 heavy (non-hydrogen) atoms. The summed E-state index contributed by atoms with van der Waals surface area (Å²) >= 11 is 0. The van der Waals surface area contributed by atoms with E-state index >= 15 is 0 Å². The van der Waals surface area contributed by atoms with Crippen LogP contribution in [0.2, 0.25) is 0 Å². The lowest BCUT2D eigenvalue weighted by Gasteiger charge is -2.39. The first kappa shape index (κ1) is 25.4. The van der Waals surface area contributed by atoms with Gasteiger partial charge in [0.25, 0.3) is 0 Å². The smallest absolute Gasteiger partial charge is 0.410 e. The van der Waals surface area contributed by atoms with E-state index in [9.17, 15) is 9.18 Å². The van der Waals surface area contributed by atoms with Crippen molar-refractivity contribution in [3.8, 4) is 22.8 Å². The molecule has 3 aromatic heterocycles. The van der Waals surface area contributed by atoms with Crippen LogP contribution >= 0.6 is 0 Å². The fraction of sp³-hybridized carbons (Fsp3) is 0.370. The lowest BCUT2D eigenvalue weighted by atomic mass is 10.1. The zero-order valence-electron chi connectivity index (χ0n) is 21.9. The van der Waals surface area contributed by atoms with Crippen molar-refractivity contribution in [3.05, 3.63) is 59.9 Å². The molecule has 0 unspecified atom stereocenters. The molecule has 4 aromatic rings. The molecule has 1 aromatic carbocycles. The van der Waals surface area contributed by atoms with Crippen LogP contribution in [0.25, 0.3) is 22.4 Å². The van der Waals surface area contributed by atoms with Crippen LogP contribution in [0.3, 0.4) is 0 Å². The Labute approximate surface area is 219 Å². The van der Waals surface area contributed by atoms with Crippen molar-refractivity contribution in [2.75, 3.05) is 27.3 Å². The highest BCUT2D eigenvalue weighted by molar-refractivity contribution is 5.73. The minimum atomic E-state index is -0.529. The van der Waals surface area contributed by atoms with Crippen molar-refractivity contribution in [3.63, 3.8) is 0 Å². The van der Waals surface area contributed by atoms with E-state index < -0.39 is 11.4 Å².